The number of aryl methyl sites for hydroxylation is 1. The molecule has 2 aromatic rings. The molecule has 0 atom stereocenters. The number of amides is 1. The van der Waals surface area contributed by atoms with Crippen molar-refractivity contribution in [1.82, 2.24) is 14.9 Å². The standard InChI is InChI=1S/C18H24N4O2/c1-5-15-6-8-16(9-7-15)24-18-13-19-12-17(20-18)22(4)11-10-21(3)14(2)23/h6-9,12-13H,5,10-11H2,1-4H3. The van der Waals surface area contributed by atoms with Crippen LogP contribution >= 0.6 is 0 Å². The van der Waals surface area contributed by atoms with Gasteiger partial charge in [0.25, 0.3) is 0 Å². The maximum Gasteiger partial charge on any atom is 0.239 e. The van der Waals surface area contributed by atoms with Crippen molar-refractivity contribution in [3.8, 4) is 11.6 Å². The van der Waals surface area contributed by atoms with Gasteiger partial charge in [0.05, 0.1) is 12.4 Å². The van der Waals surface area contributed by atoms with E-state index in [-0.39, 0.29) is 5.91 Å². The molecule has 0 radical (unpaired) electrons. The van der Waals surface area contributed by atoms with Crippen molar-refractivity contribution in [3.63, 3.8) is 0 Å². The lowest BCUT2D eigenvalue weighted by atomic mass is 10.2. The number of ether oxygens (including phenoxy) is 1. The summed E-state index contributed by atoms with van der Waals surface area (Å²) in [5.74, 6) is 1.93. The number of anilines is 1. The van der Waals surface area contributed by atoms with E-state index in [1.54, 1.807) is 31.3 Å². The average molecular weight is 328 g/mol. The fourth-order valence-electron chi connectivity index (χ4n) is 2.06. The summed E-state index contributed by atoms with van der Waals surface area (Å²) in [7, 11) is 3.69. The molecule has 1 aromatic carbocycles. The highest BCUT2D eigenvalue weighted by Crippen LogP contribution is 2.21. The highest BCUT2D eigenvalue weighted by atomic mass is 16.5. The van der Waals surface area contributed by atoms with Gasteiger partial charge in [-0.1, -0.05) is 19.1 Å². The van der Waals surface area contributed by atoms with Gasteiger partial charge in [-0.2, -0.15) is 4.98 Å². The number of carbonyl (C=O) groups is 1. The molecule has 0 unspecified atom stereocenters. The van der Waals surface area contributed by atoms with Crippen LogP contribution in [0.5, 0.6) is 11.6 Å². The van der Waals surface area contributed by atoms with Gasteiger partial charge < -0.3 is 14.5 Å². The maximum atomic E-state index is 11.3. The zero-order chi connectivity index (χ0) is 17.5. The topological polar surface area (TPSA) is 58.6 Å². The molecule has 0 spiro atoms. The van der Waals surface area contributed by atoms with Crippen molar-refractivity contribution in [2.24, 2.45) is 0 Å². The number of nitrogens with zero attached hydrogens (tertiary/aromatic N) is 4. The Hall–Kier alpha value is -2.63. The second-order valence-electron chi connectivity index (χ2n) is 5.68. The van der Waals surface area contributed by atoms with E-state index < -0.39 is 0 Å². The third-order valence-electron chi connectivity index (χ3n) is 3.85. The van der Waals surface area contributed by atoms with Crippen LogP contribution in [0, 0.1) is 0 Å². The molecule has 0 saturated heterocycles. The first-order valence-corrected chi connectivity index (χ1v) is 8.01. The van der Waals surface area contributed by atoms with E-state index in [4.69, 9.17) is 4.74 Å². The first-order chi connectivity index (χ1) is 11.5. The maximum absolute atomic E-state index is 11.3. The molecule has 0 saturated carbocycles. The number of aromatic nitrogens is 2. The highest BCUT2D eigenvalue weighted by molar-refractivity contribution is 5.72. The lowest BCUT2D eigenvalue weighted by molar-refractivity contribution is -0.127. The van der Waals surface area contributed by atoms with Crippen molar-refractivity contribution < 1.29 is 9.53 Å². The lowest BCUT2D eigenvalue weighted by Crippen LogP contribution is -2.33. The van der Waals surface area contributed by atoms with Crippen LogP contribution in [-0.2, 0) is 11.2 Å². The zero-order valence-corrected chi connectivity index (χ0v) is 14.7. The second kappa shape index (κ2) is 8.29. The van der Waals surface area contributed by atoms with E-state index in [0.717, 1.165) is 12.2 Å². The van der Waals surface area contributed by atoms with Crippen molar-refractivity contribution in [2.75, 3.05) is 32.1 Å². The van der Waals surface area contributed by atoms with Crippen molar-refractivity contribution >= 4 is 11.7 Å². The first-order valence-electron chi connectivity index (χ1n) is 8.01. The predicted octanol–water partition coefficient (Wildman–Crippen LogP) is 2.75. The average Bonchev–Trinajstić information content (AvgIpc) is 2.60. The fraction of sp³-hybridized carbons (Fsp3) is 0.389. The van der Waals surface area contributed by atoms with Gasteiger partial charge in [-0.15, -0.1) is 0 Å². The Balaban J connectivity index is 2.00. The van der Waals surface area contributed by atoms with Gasteiger partial charge in [0.15, 0.2) is 5.82 Å². The molecule has 6 nitrogen and oxygen atoms in total. The molecule has 6 heteroatoms. The van der Waals surface area contributed by atoms with Crippen LogP contribution in [0.15, 0.2) is 36.7 Å². The molecule has 0 aliphatic heterocycles. The molecule has 0 fully saturated rings. The molecule has 0 aliphatic carbocycles. The quantitative estimate of drug-likeness (QED) is 0.782. The minimum absolute atomic E-state index is 0.0436. The predicted molar refractivity (Wildman–Crippen MR) is 94.5 cm³/mol. The molecule has 1 aromatic heterocycles. The van der Waals surface area contributed by atoms with Crippen LogP contribution in [0.25, 0.3) is 0 Å². The summed E-state index contributed by atoms with van der Waals surface area (Å²) in [5.41, 5.74) is 1.26. The van der Waals surface area contributed by atoms with E-state index in [1.165, 1.54) is 5.56 Å². The van der Waals surface area contributed by atoms with Crippen molar-refractivity contribution in [3.05, 3.63) is 42.2 Å². The third-order valence-corrected chi connectivity index (χ3v) is 3.85. The van der Waals surface area contributed by atoms with Crippen molar-refractivity contribution in [1.29, 1.82) is 0 Å². The number of hydrogen-bond acceptors (Lipinski definition) is 5. The Bertz CT molecular complexity index is 673. The summed E-state index contributed by atoms with van der Waals surface area (Å²) in [4.78, 5) is 23.5. The third kappa shape index (κ3) is 4.94. The second-order valence-corrected chi connectivity index (χ2v) is 5.68. The van der Waals surface area contributed by atoms with Crippen LogP contribution in [0.1, 0.15) is 19.4 Å². The monoisotopic (exact) mass is 328 g/mol. The summed E-state index contributed by atoms with van der Waals surface area (Å²) < 4.78 is 5.77. The van der Waals surface area contributed by atoms with Gasteiger partial charge in [-0.3, -0.25) is 9.78 Å². The summed E-state index contributed by atoms with van der Waals surface area (Å²) >= 11 is 0. The smallest absolute Gasteiger partial charge is 0.239 e. The molecule has 128 valence electrons. The van der Waals surface area contributed by atoms with E-state index in [1.807, 2.05) is 36.2 Å². The van der Waals surface area contributed by atoms with E-state index >= 15 is 0 Å². The van der Waals surface area contributed by atoms with Gasteiger partial charge in [0.2, 0.25) is 11.8 Å². The Morgan fingerprint density at radius 1 is 1.12 bits per heavy atom. The number of hydrogen-bond donors (Lipinski definition) is 0. The molecule has 0 N–H and O–H groups in total. The van der Waals surface area contributed by atoms with Crippen LogP contribution in [0.4, 0.5) is 5.82 Å². The van der Waals surface area contributed by atoms with E-state index in [9.17, 15) is 4.79 Å². The van der Waals surface area contributed by atoms with E-state index in [0.29, 0.717) is 24.8 Å². The van der Waals surface area contributed by atoms with Crippen molar-refractivity contribution in [2.45, 2.75) is 20.3 Å². The molecule has 1 amide bonds. The van der Waals surface area contributed by atoms with Crippen LogP contribution in [-0.4, -0.2) is 48.0 Å². The molecular formula is C18H24N4O2. The Morgan fingerprint density at radius 3 is 2.46 bits per heavy atom. The molecule has 2 rings (SSSR count). The SMILES string of the molecule is CCc1ccc(Oc2cncc(N(C)CCN(C)C(C)=O)n2)cc1. The molecular weight excluding hydrogens is 304 g/mol. The summed E-state index contributed by atoms with van der Waals surface area (Å²) in [6.07, 6.45) is 4.27. The van der Waals surface area contributed by atoms with Crippen LogP contribution in [0.3, 0.4) is 0 Å². The normalized spacial score (nSPS) is 10.3. The van der Waals surface area contributed by atoms with Gasteiger partial charge in [0.1, 0.15) is 5.75 Å². The molecule has 24 heavy (non-hydrogen) atoms. The number of likely N-dealkylation sites (N-methyl/N-ethyl adjacent to an activating group) is 2. The molecule has 0 bridgehead atoms. The largest absolute Gasteiger partial charge is 0.437 e. The van der Waals surface area contributed by atoms with Crippen LogP contribution in [0.2, 0.25) is 0 Å². The van der Waals surface area contributed by atoms with E-state index in [2.05, 4.69) is 16.9 Å². The first kappa shape index (κ1) is 17.7. The lowest BCUT2D eigenvalue weighted by Gasteiger charge is -2.22. The van der Waals surface area contributed by atoms with Crippen LogP contribution < -0.4 is 9.64 Å². The summed E-state index contributed by atoms with van der Waals surface area (Å²) in [6.45, 7) is 4.96. The summed E-state index contributed by atoms with van der Waals surface area (Å²) in [6, 6.07) is 7.93. The van der Waals surface area contributed by atoms with Gasteiger partial charge in [0, 0.05) is 34.1 Å². The Kier molecular flexibility index (Phi) is 6.12. The molecule has 1 heterocycles. The number of rotatable bonds is 7. The fourth-order valence-corrected chi connectivity index (χ4v) is 2.06. The Morgan fingerprint density at radius 2 is 1.83 bits per heavy atom. The van der Waals surface area contributed by atoms with Gasteiger partial charge >= 0.3 is 0 Å². The van der Waals surface area contributed by atoms with Gasteiger partial charge in [-0.05, 0) is 24.1 Å². The molecule has 0 aliphatic rings. The minimum atomic E-state index is 0.0436. The Labute approximate surface area is 143 Å². The number of benzene rings is 1. The number of carbonyl (C=O) groups excluding carboxylic acids is 1. The zero-order valence-electron chi connectivity index (χ0n) is 14.7. The minimum Gasteiger partial charge on any atom is -0.437 e. The highest BCUT2D eigenvalue weighted by Gasteiger charge is 2.08. The summed E-state index contributed by atoms with van der Waals surface area (Å²) in [5, 5.41) is 0. The van der Waals surface area contributed by atoms with Gasteiger partial charge in [-0.25, -0.2) is 0 Å².